The molecular formula is C20H18N2O. The van der Waals surface area contributed by atoms with E-state index in [9.17, 15) is 5.26 Å². The maximum atomic E-state index is 9.66. The number of nitrogens with zero attached hydrogens (tertiary/aromatic N) is 1. The van der Waals surface area contributed by atoms with Crippen LogP contribution in [0.3, 0.4) is 0 Å². The van der Waals surface area contributed by atoms with Crippen molar-refractivity contribution >= 4 is 10.9 Å². The summed E-state index contributed by atoms with van der Waals surface area (Å²) in [5, 5.41) is 10.6. The first-order valence-electron chi connectivity index (χ1n) is 8.02. The number of nitriles is 1. The second-order valence-corrected chi connectivity index (χ2v) is 6.09. The van der Waals surface area contributed by atoms with Gasteiger partial charge in [-0.25, -0.2) is 0 Å². The van der Waals surface area contributed by atoms with Gasteiger partial charge in [-0.3, -0.25) is 0 Å². The lowest BCUT2D eigenvalue weighted by molar-refractivity contribution is 0.415. The lowest BCUT2D eigenvalue weighted by atomic mass is 9.89. The van der Waals surface area contributed by atoms with Gasteiger partial charge in [0, 0.05) is 10.9 Å². The fourth-order valence-electron chi connectivity index (χ4n) is 3.52. The van der Waals surface area contributed by atoms with E-state index in [2.05, 4.69) is 29.3 Å². The molecule has 4 rings (SSSR count). The largest absolute Gasteiger partial charge is 0.497 e. The molecule has 0 spiro atoms. The third kappa shape index (κ3) is 2.27. The SMILES string of the molecule is COc1ccc2[nH]c(-c3ccc4c(c3)CCCC4)c(C#N)c2c1. The first-order chi connectivity index (χ1) is 11.3. The van der Waals surface area contributed by atoms with E-state index in [1.807, 2.05) is 18.2 Å². The van der Waals surface area contributed by atoms with E-state index >= 15 is 0 Å². The van der Waals surface area contributed by atoms with Crippen LogP contribution >= 0.6 is 0 Å². The van der Waals surface area contributed by atoms with Crippen molar-refractivity contribution in [2.24, 2.45) is 0 Å². The van der Waals surface area contributed by atoms with Crippen LogP contribution in [0, 0.1) is 11.3 Å². The van der Waals surface area contributed by atoms with Crippen molar-refractivity contribution in [1.82, 2.24) is 4.98 Å². The summed E-state index contributed by atoms with van der Waals surface area (Å²) in [5.74, 6) is 0.769. The summed E-state index contributed by atoms with van der Waals surface area (Å²) < 4.78 is 5.29. The molecule has 0 saturated carbocycles. The topological polar surface area (TPSA) is 48.8 Å². The number of rotatable bonds is 2. The summed E-state index contributed by atoms with van der Waals surface area (Å²) in [5.41, 5.74) is 6.54. The molecule has 0 saturated heterocycles. The second-order valence-electron chi connectivity index (χ2n) is 6.09. The Bertz CT molecular complexity index is 931. The fourth-order valence-corrected chi connectivity index (χ4v) is 3.52. The van der Waals surface area contributed by atoms with Crippen LogP contribution in [0.25, 0.3) is 22.2 Å². The third-order valence-electron chi connectivity index (χ3n) is 4.75. The van der Waals surface area contributed by atoms with E-state index in [0.717, 1.165) is 34.3 Å². The zero-order valence-electron chi connectivity index (χ0n) is 13.1. The smallest absolute Gasteiger partial charge is 0.119 e. The normalized spacial score (nSPS) is 13.6. The average molecular weight is 302 g/mol. The van der Waals surface area contributed by atoms with Crippen LogP contribution in [0.5, 0.6) is 5.75 Å². The minimum Gasteiger partial charge on any atom is -0.497 e. The highest BCUT2D eigenvalue weighted by molar-refractivity contribution is 5.94. The Kier molecular flexibility index (Phi) is 3.31. The van der Waals surface area contributed by atoms with Crippen LogP contribution in [-0.4, -0.2) is 12.1 Å². The molecule has 1 aliphatic rings. The highest BCUT2D eigenvalue weighted by Crippen LogP contribution is 2.34. The number of fused-ring (bicyclic) bond motifs is 2. The molecule has 0 radical (unpaired) electrons. The Morgan fingerprint density at radius 1 is 1.04 bits per heavy atom. The van der Waals surface area contributed by atoms with Gasteiger partial charge < -0.3 is 9.72 Å². The first-order valence-corrected chi connectivity index (χ1v) is 8.02. The van der Waals surface area contributed by atoms with Gasteiger partial charge in [0.1, 0.15) is 11.8 Å². The summed E-state index contributed by atoms with van der Waals surface area (Å²) in [7, 11) is 1.64. The molecule has 3 nitrogen and oxygen atoms in total. The number of methoxy groups -OCH3 is 1. The number of H-pyrrole nitrogens is 1. The van der Waals surface area contributed by atoms with E-state index in [1.54, 1.807) is 7.11 Å². The number of nitrogens with one attached hydrogen (secondary N) is 1. The highest BCUT2D eigenvalue weighted by Gasteiger charge is 2.16. The predicted molar refractivity (Wildman–Crippen MR) is 91.6 cm³/mol. The molecule has 0 bridgehead atoms. The van der Waals surface area contributed by atoms with E-state index < -0.39 is 0 Å². The fraction of sp³-hybridized carbons (Fsp3) is 0.250. The maximum absolute atomic E-state index is 9.66. The zero-order chi connectivity index (χ0) is 15.8. The van der Waals surface area contributed by atoms with Crippen LogP contribution in [0.2, 0.25) is 0 Å². The van der Waals surface area contributed by atoms with E-state index in [0.29, 0.717) is 5.56 Å². The third-order valence-corrected chi connectivity index (χ3v) is 4.75. The van der Waals surface area contributed by atoms with Crippen molar-refractivity contribution in [3.63, 3.8) is 0 Å². The molecule has 0 aliphatic heterocycles. The van der Waals surface area contributed by atoms with Gasteiger partial charge >= 0.3 is 0 Å². The number of aromatic amines is 1. The summed E-state index contributed by atoms with van der Waals surface area (Å²) in [6.07, 6.45) is 4.84. The Balaban J connectivity index is 1.90. The monoisotopic (exact) mass is 302 g/mol. The van der Waals surface area contributed by atoms with Crippen molar-refractivity contribution in [1.29, 1.82) is 5.26 Å². The minimum atomic E-state index is 0.689. The quantitative estimate of drug-likeness (QED) is 0.752. The molecular weight excluding hydrogens is 284 g/mol. The van der Waals surface area contributed by atoms with E-state index in [-0.39, 0.29) is 0 Å². The molecule has 3 heteroatoms. The second kappa shape index (κ2) is 5.48. The van der Waals surface area contributed by atoms with Gasteiger partial charge in [0.25, 0.3) is 0 Å². The van der Waals surface area contributed by atoms with Crippen LogP contribution < -0.4 is 4.74 Å². The molecule has 1 aliphatic carbocycles. The van der Waals surface area contributed by atoms with Gasteiger partial charge in [-0.05, 0) is 66.6 Å². The number of hydrogen-bond acceptors (Lipinski definition) is 2. The summed E-state index contributed by atoms with van der Waals surface area (Å²) in [6, 6.07) is 14.8. The lowest BCUT2D eigenvalue weighted by Gasteiger charge is -2.16. The van der Waals surface area contributed by atoms with Gasteiger partial charge in [0.15, 0.2) is 0 Å². The van der Waals surface area contributed by atoms with Crippen molar-refractivity contribution in [2.45, 2.75) is 25.7 Å². The summed E-state index contributed by atoms with van der Waals surface area (Å²) in [6.45, 7) is 0. The van der Waals surface area contributed by atoms with Gasteiger partial charge in [0.05, 0.1) is 18.4 Å². The van der Waals surface area contributed by atoms with Crippen molar-refractivity contribution < 1.29 is 4.74 Å². The Morgan fingerprint density at radius 3 is 2.65 bits per heavy atom. The van der Waals surface area contributed by atoms with Crippen LogP contribution in [0.1, 0.15) is 29.5 Å². The van der Waals surface area contributed by atoms with Crippen molar-refractivity contribution in [3.05, 3.63) is 53.1 Å². The van der Waals surface area contributed by atoms with Crippen molar-refractivity contribution in [2.75, 3.05) is 7.11 Å². The number of aryl methyl sites for hydroxylation is 2. The zero-order valence-corrected chi connectivity index (χ0v) is 13.1. The molecule has 3 aromatic rings. The number of hydrogen-bond donors (Lipinski definition) is 1. The van der Waals surface area contributed by atoms with Gasteiger partial charge in [-0.15, -0.1) is 0 Å². The Labute approximate surface area is 135 Å². The molecule has 23 heavy (non-hydrogen) atoms. The standard InChI is InChI=1S/C20H18N2O/c1-23-16-8-9-19-17(11-16)18(12-21)20(22-19)15-7-6-13-4-2-3-5-14(13)10-15/h6-11,22H,2-5H2,1H3. The number of benzene rings is 2. The minimum absolute atomic E-state index is 0.689. The molecule has 0 unspecified atom stereocenters. The van der Waals surface area contributed by atoms with Crippen molar-refractivity contribution in [3.8, 4) is 23.1 Å². The summed E-state index contributed by atoms with van der Waals surface area (Å²) >= 11 is 0. The van der Waals surface area contributed by atoms with E-state index in [4.69, 9.17) is 4.74 Å². The van der Waals surface area contributed by atoms with Crippen LogP contribution in [0.4, 0.5) is 0 Å². The molecule has 0 amide bonds. The number of aromatic nitrogens is 1. The molecule has 1 heterocycles. The maximum Gasteiger partial charge on any atom is 0.119 e. The molecule has 114 valence electrons. The molecule has 1 aromatic heterocycles. The molecule has 0 atom stereocenters. The average Bonchev–Trinajstić information content (AvgIpc) is 2.98. The Hall–Kier alpha value is -2.73. The number of ether oxygens (including phenoxy) is 1. The lowest BCUT2D eigenvalue weighted by Crippen LogP contribution is -2.02. The molecule has 2 aromatic carbocycles. The van der Waals surface area contributed by atoms with Gasteiger partial charge in [0.2, 0.25) is 0 Å². The van der Waals surface area contributed by atoms with Gasteiger partial charge in [-0.2, -0.15) is 5.26 Å². The Morgan fingerprint density at radius 2 is 1.87 bits per heavy atom. The van der Waals surface area contributed by atoms with Crippen LogP contribution in [0.15, 0.2) is 36.4 Å². The first kappa shape index (κ1) is 13.9. The molecule has 1 N–H and O–H groups in total. The van der Waals surface area contributed by atoms with Crippen LogP contribution in [-0.2, 0) is 12.8 Å². The van der Waals surface area contributed by atoms with Gasteiger partial charge in [-0.1, -0.05) is 12.1 Å². The summed E-state index contributed by atoms with van der Waals surface area (Å²) in [4.78, 5) is 3.41. The molecule has 0 fully saturated rings. The predicted octanol–water partition coefficient (Wildman–Crippen LogP) is 4.59. The highest BCUT2D eigenvalue weighted by atomic mass is 16.5. The van der Waals surface area contributed by atoms with E-state index in [1.165, 1.54) is 30.4 Å².